The van der Waals surface area contributed by atoms with E-state index in [1.54, 1.807) is 6.20 Å². The summed E-state index contributed by atoms with van der Waals surface area (Å²) in [5.74, 6) is -0.0509. The molecule has 0 saturated carbocycles. The Morgan fingerprint density at radius 2 is 2.00 bits per heavy atom. The molecule has 1 amide bonds. The largest absolute Gasteiger partial charge is 0.432 e. The summed E-state index contributed by atoms with van der Waals surface area (Å²) >= 11 is 0. The quantitative estimate of drug-likeness (QED) is 0.769. The maximum Gasteiger partial charge on any atom is 0.306 e. The lowest BCUT2D eigenvalue weighted by Gasteiger charge is -2.46. The zero-order chi connectivity index (χ0) is 18.4. The minimum absolute atomic E-state index is 0.0509. The van der Waals surface area contributed by atoms with E-state index in [0.29, 0.717) is 23.7 Å². The van der Waals surface area contributed by atoms with Gasteiger partial charge in [0.1, 0.15) is 6.26 Å². The molecule has 27 heavy (non-hydrogen) atoms. The van der Waals surface area contributed by atoms with Crippen LogP contribution in [0.1, 0.15) is 23.2 Å². The van der Waals surface area contributed by atoms with E-state index in [0.717, 1.165) is 37.0 Å². The summed E-state index contributed by atoms with van der Waals surface area (Å²) in [5, 5.41) is 4.14. The first-order valence-electron chi connectivity index (χ1n) is 9.31. The normalized spacial score (nSPS) is 25.6. The standard InChI is InChI=1S/C20H22N4O3/c1-23-14-8-13(9-15(23)12-26-11-14)22-19(25)17-10-24(20-21-6-7-27-20)18-5-3-2-4-16(17)18/h2-7,10,13-15H,8-9,11-12H2,1H3,(H,22,25)/t13?,14-,15+. The van der Waals surface area contributed by atoms with Gasteiger partial charge in [-0.15, -0.1) is 0 Å². The highest BCUT2D eigenvalue weighted by Gasteiger charge is 2.37. The van der Waals surface area contributed by atoms with E-state index in [1.165, 1.54) is 6.26 Å². The van der Waals surface area contributed by atoms with Crippen molar-refractivity contribution in [2.45, 2.75) is 31.0 Å². The zero-order valence-electron chi connectivity index (χ0n) is 15.2. The molecule has 3 aromatic rings. The van der Waals surface area contributed by atoms with Gasteiger partial charge in [-0.3, -0.25) is 14.3 Å². The van der Waals surface area contributed by atoms with Gasteiger partial charge in [0.15, 0.2) is 0 Å². The second-order valence-corrected chi connectivity index (χ2v) is 7.40. The Morgan fingerprint density at radius 3 is 2.74 bits per heavy atom. The lowest BCUT2D eigenvalue weighted by molar-refractivity contribution is -0.0670. The van der Waals surface area contributed by atoms with E-state index < -0.39 is 0 Å². The Bertz CT molecular complexity index is 951. The highest BCUT2D eigenvalue weighted by molar-refractivity contribution is 6.07. The molecule has 0 spiro atoms. The van der Waals surface area contributed by atoms with Gasteiger partial charge in [-0.05, 0) is 26.0 Å². The SMILES string of the molecule is CN1[C@@H]2COC[C@H]1CC(NC(=O)c1cn(-c3ncco3)c3ccccc13)C2. The molecular weight excluding hydrogens is 344 g/mol. The van der Waals surface area contributed by atoms with Gasteiger partial charge in [0.25, 0.3) is 5.91 Å². The molecule has 7 heteroatoms. The number of carbonyl (C=O) groups is 1. The molecule has 2 saturated heterocycles. The summed E-state index contributed by atoms with van der Waals surface area (Å²) in [6, 6.07) is 9.17. The number of nitrogens with zero attached hydrogens (tertiary/aromatic N) is 3. The van der Waals surface area contributed by atoms with Crippen molar-refractivity contribution in [3.05, 3.63) is 48.5 Å². The third kappa shape index (κ3) is 2.83. The van der Waals surface area contributed by atoms with E-state index in [2.05, 4.69) is 22.2 Å². The average Bonchev–Trinajstić information content (AvgIpc) is 3.30. The van der Waals surface area contributed by atoms with Gasteiger partial charge in [0, 0.05) is 29.7 Å². The number of hydrogen-bond donors (Lipinski definition) is 1. The number of aromatic nitrogens is 2. The van der Waals surface area contributed by atoms with Crippen LogP contribution in [0.15, 0.2) is 47.3 Å². The molecule has 7 nitrogen and oxygen atoms in total. The van der Waals surface area contributed by atoms with Crippen LogP contribution in [0.5, 0.6) is 0 Å². The number of nitrogens with one attached hydrogen (secondary N) is 1. The fraction of sp³-hybridized carbons (Fsp3) is 0.400. The summed E-state index contributed by atoms with van der Waals surface area (Å²) in [6.45, 7) is 1.48. The van der Waals surface area contributed by atoms with Crippen molar-refractivity contribution in [2.75, 3.05) is 20.3 Å². The van der Waals surface area contributed by atoms with E-state index >= 15 is 0 Å². The molecule has 2 aliphatic rings. The number of rotatable bonds is 3. The number of amides is 1. The maximum absolute atomic E-state index is 13.1. The number of piperidine rings is 1. The maximum atomic E-state index is 13.1. The van der Waals surface area contributed by atoms with Crippen molar-refractivity contribution in [3.63, 3.8) is 0 Å². The summed E-state index contributed by atoms with van der Waals surface area (Å²) < 4.78 is 12.9. The molecule has 1 N–H and O–H groups in total. The topological polar surface area (TPSA) is 72.5 Å². The lowest BCUT2D eigenvalue weighted by Crippen LogP contribution is -2.59. The van der Waals surface area contributed by atoms with Crippen LogP contribution in [0.2, 0.25) is 0 Å². The van der Waals surface area contributed by atoms with Crippen molar-refractivity contribution in [3.8, 4) is 6.01 Å². The number of ether oxygens (including phenoxy) is 1. The van der Waals surface area contributed by atoms with Gasteiger partial charge < -0.3 is 14.5 Å². The Morgan fingerprint density at radius 1 is 1.22 bits per heavy atom. The third-order valence-electron chi connectivity index (χ3n) is 5.80. The smallest absolute Gasteiger partial charge is 0.306 e. The monoisotopic (exact) mass is 366 g/mol. The molecular formula is C20H22N4O3. The van der Waals surface area contributed by atoms with Crippen LogP contribution in [0, 0.1) is 0 Å². The summed E-state index contributed by atoms with van der Waals surface area (Å²) in [7, 11) is 2.15. The number of hydrogen-bond acceptors (Lipinski definition) is 5. The molecule has 0 aliphatic carbocycles. The Hall–Kier alpha value is -2.64. The van der Waals surface area contributed by atoms with Crippen LogP contribution in [-0.4, -0.2) is 58.7 Å². The van der Waals surface area contributed by atoms with Gasteiger partial charge in [0.05, 0.1) is 30.5 Å². The summed E-state index contributed by atoms with van der Waals surface area (Å²) in [4.78, 5) is 19.7. The van der Waals surface area contributed by atoms with Gasteiger partial charge in [-0.25, -0.2) is 4.98 Å². The second-order valence-electron chi connectivity index (χ2n) is 7.40. The predicted molar refractivity (Wildman–Crippen MR) is 100.0 cm³/mol. The van der Waals surface area contributed by atoms with E-state index in [4.69, 9.17) is 9.15 Å². The molecule has 2 aliphatic heterocycles. The van der Waals surface area contributed by atoms with Crippen LogP contribution < -0.4 is 5.32 Å². The number of likely N-dealkylation sites (N-methyl/N-ethyl adjacent to an activating group) is 1. The first-order chi connectivity index (χ1) is 13.2. The molecule has 4 heterocycles. The molecule has 2 bridgehead atoms. The Labute approximate surface area is 156 Å². The molecule has 2 aromatic heterocycles. The van der Waals surface area contributed by atoms with E-state index in [-0.39, 0.29) is 11.9 Å². The number of benzene rings is 1. The lowest BCUT2D eigenvalue weighted by atomic mass is 9.90. The van der Waals surface area contributed by atoms with Crippen LogP contribution in [0.25, 0.3) is 16.9 Å². The van der Waals surface area contributed by atoms with Crippen LogP contribution in [0.4, 0.5) is 0 Å². The molecule has 1 aromatic carbocycles. The predicted octanol–water partition coefficient (Wildman–Crippen LogP) is 2.21. The number of fused-ring (bicyclic) bond motifs is 3. The van der Waals surface area contributed by atoms with E-state index in [9.17, 15) is 4.79 Å². The van der Waals surface area contributed by atoms with Crippen molar-refractivity contribution >= 4 is 16.8 Å². The summed E-state index contributed by atoms with van der Waals surface area (Å²) in [6.07, 6.45) is 6.77. The fourth-order valence-electron chi connectivity index (χ4n) is 4.33. The van der Waals surface area contributed by atoms with Gasteiger partial charge in [0.2, 0.25) is 0 Å². The van der Waals surface area contributed by atoms with Gasteiger partial charge in [-0.1, -0.05) is 18.2 Å². The fourth-order valence-corrected chi connectivity index (χ4v) is 4.33. The number of para-hydroxylation sites is 1. The molecule has 140 valence electrons. The Balaban J connectivity index is 1.43. The zero-order valence-corrected chi connectivity index (χ0v) is 15.2. The molecule has 0 radical (unpaired) electrons. The molecule has 5 rings (SSSR count). The third-order valence-corrected chi connectivity index (χ3v) is 5.80. The summed E-state index contributed by atoms with van der Waals surface area (Å²) in [5.41, 5.74) is 1.54. The minimum atomic E-state index is -0.0509. The number of oxazole rings is 1. The first kappa shape index (κ1) is 16.5. The average molecular weight is 366 g/mol. The molecule has 1 unspecified atom stereocenters. The highest BCUT2D eigenvalue weighted by atomic mass is 16.5. The first-order valence-corrected chi connectivity index (χ1v) is 9.31. The minimum Gasteiger partial charge on any atom is -0.432 e. The van der Waals surface area contributed by atoms with Crippen LogP contribution in [-0.2, 0) is 4.74 Å². The van der Waals surface area contributed by atoms with Crippen LogP contribution in [0.3, 0.4) is 0 Å². The number of carbonyl (C=O) groups excluding carboxylic acids is 1. The second kappa shape index (κ2) is 6.51. The van der Waals surface area contributed by atoms with Crippen molar-refractivity contribution < 1.29 is 13.9 Å². The van der Waals surface area contributed by atoms with Crippen molar-refractivity contribution in [1.82, 2.24) is 19.8 Å². The Kier molecular flexibility index (Phi) is 3.98. The van der Waals surface area contributed by atoms with Gasteiger partial charge >= 0.3 is 6.01 Å². The van der Waals surface area contributed by atoms with Crippen molar-refractivity contribution in [1.29, 1.82) is 0 Å². The van der Waals surface area contributed by atoms with Crippen molar-refractivity contribution in [2.24, 2.45) is 0 Å². The van der Waals surface area contributed by atoms with Gasteiger partial charge in [-0.2, -0.15) is 0 Å². The highest BCUT2D eigenvalue weighted by Crippen LogP contribution is 2.28. The molecule has 3 atom stereocenters. The number of morpholine rings is 1. The van der Waals surface area contributed by atoms with E-state index in [1.807, 2.05) is 35.0 Å². The molecule has 2 fully saturated rings. The van der Waals surface area contributed by atoms with Crippen LogP contribution >= 0.6 is 0 Å².